The van der Waals surface area contributed by atoms with Gasteiger partial charge in [0.2, 0.25) is 5.82 Å². The molecule has 5 rings (SSSR count). The van der Waals surface area contributed by atoms with Crippen LogP contribution in [0, 0.1) is 5.82 Å². The molecule has 10 nitrogen and oxygen atoms in total. The molecule has 238 valence electrons. The number of hydrogen-bond acceptors (Lipinski definition) is 10. The zero-order valence-corrected chi connectivity index (χ0v) is 22.6. The standard InChI is InChI=1S/C26H31F7N6O4/c27-19-21(35-12-23(41)7-8-38(11-18(23)40)10-17-20(34)43-17)36-13-37-22(19)39(16-5-6-16)9-14-1-3-15(4-2-14)24(42,25(28,29)30)26(31,32)33/h1-4,13,16-18,20,40-42H,5-12,34H2,(H,35,36,37). The number of ether oxygens (including phenoxy) is 1. The van der Waals surface area contributed by atoms with Crippen LogP contribution in [-0.2, 0) is 16.9 Å². The SMILES string of the molecule is NC1OC1CN1CCC(O)(CNc2ncnc(N(Cc3ccc(C(O)(C(F)(F)F)C(F)(F)F)cc3)C3CC3)c2F)C(O)C1. The van der Waals surface area contributed by atoms with E-state index in [1.807, 2.05) is 4.90 Å². The zero-order valence-electron chi connectivity index (χ0n) is 22.6. The normalized spacial score (nSPS) is 26.8. The third-order valence-electron chi connectivity index (χ3n) is 8.11. The first-order chi connectivity index (χ1) is 20.0. The average Bonchev–Trinajstić information content (AvgIpc) is 3.86. The molecular formula is C26H31F7N6O4. The van der Waals surface area contributed by atoms with Crippen molar-refractivity contribution in [1.82, 2.24) is 14.9 Å². The van der Waals surface area contributed by atoms with Crippen LogP contribution in [0.5, 0.6) is 0 Å². The van der Waals surface area contributed by atoms with Gasteiger partial charge in [-0.25, -0.2) is 9.97 Å². The van der Waals surface area contributed by atoms with E-state index in [2.05, 4.69) is 15.3 Å². The van der Waals surface area contributed by atoms with Gasteiger partial charge >= 0.3 is 12.4 Å². The fourth-order valence-corrected chi connectivity index (χ4v) is 5.17. The fourth-order valence-electron chi connectivity index (χ4n) is 5.17. The summed E-state index contributed by atoms with van der Waals surface area (Å²) >= 11 is 0. The van der Waals surface area contributed by atoms with E-state index in [0.29, 0.717) is 38.1 Å². The van der Waals surface area contributed by atoms with Crippen LogP contribution < -0.4 is 16.0 Å². The van der Waals surface area contributed by atoms with Crippen LogP contribution >= 0.6 is 0 Å². The van der Waals surface area contributed by atoms with Crippen LogP contribution in [0.1, 0.15) is 30.4 Å². The number of nitrogens with zero attached hydrogens (tertiary/aromatic N) is 4. The molecule has 2 saturated heterocycles. The molecule has 1 saturated carbocycles. The number of benzene rings is 1. The molecule has 6 N–H and O–H groups in total. The zero-order chi connectivity index (χ0) is 31.4. The van der Waals surface area contributed by atoms with Crippen molar-refractivity contribution in [2.75, 3.05) is 36.4 Å². The molecule has 1 aromatic carbocycles. The number of aliphatic hydroxyl groups excluding tert-OH is 1. The van der Waals surface area contributed by atoms with Gasteiger partial charge in [-0.2, -0.15) is 30.7 Å². The topological polar surface area (TPSA) is 144 Å². The number of aromatic nitrogens is 2. The minimum Gasteiger partial charge on any atom is -0.389 e. The summed E-state index contributed by atoms with van der Waals surface area (Å²) in [5.74, 6) is -1.30. The largest absolute Gasteiger partial charge is 0.430 e. The number of hydrogen-bond donors (Lipinski definition) is 5. The summed E-state index contributed by atoms with van der Waals surface area (Å²) < 4.78 is 100. The Kier molecular flexibility index (Phi) is 8.28. The van der Waals surface area contributed by atoms with Crippen LogP contribution in [-0.4, -0.2) is 98.8 Å². The highest BCUT2D eigenvalue weighted by Crippen LogP contribution is 2.50. The van der Waals surface area contributed by atoms with E-state index >= 15 is 4.39 Å². The highest BCUT2D eigenvalue weighted by atomic mass is 19.4. The van der Waals surface area contributed by atoms with Gasteiger partial charge in [-0.15, -0.1) is 0 Å². The van der Waals surface area contributed by atoms with Gasteiger partial charge in [0, 0.05) is 44.3 Å². The second-order valence-corrected chi connectivity index (χ2v) is 11.2. The molecule has 0 bridgehead atoms. The molecular weight excluding hydrogens is 593 g/mol. The predicted octanol–water partition coefficient (Wildman–Crippen LogP) is 1.99. The molecule has 0 radical (unpaired) electrons. The summed E-state index contributed by atoms with van der Waals surface area (Å²) in [6, 6.07) is 2.87. The van der Waals surface area contributed by atoms with Gasteiger partial charge in [-0.05, 0) is 24.8 Å². The van der Waals surface area contributed by atoms with E-state index in [4.69, 9.17) is 10.5 Å². The van der Waals surface area contributed by atoms with Gasteiger partial charge in [-0.1, -0.05) is 24.3 Å². The Morgan fingerprint density at radius 1 is 1.09 bits per heavy atom. The van der Waals surface area contributed by atoms with Crippen LogP contribution in [0.15, 0.2) is 30.6 Å². The molecule has 43 heavy (non-hydrogen) atoms. The summed E-state index contributed by atoms with van der Waals surface area (Å²) in [4.78, 5) is 11.3. The number of anilines is 2. The van der Waals surface area contributed by atoms with Crippen LogP contribution in [0.3, 0.4) is 0 Å². The van der Waals surface area contributed by atoms with Crippen LogP contribution in [0.4, 0.5) is 42.4 Å². The number of nitrogens with one attached hydrogen (secondary N) is 1. The molecule has 2 aliphatic heterocycles. The molecule has 0 amide bonds. The molecule has 3 fully saturated rings. The number of alkyl halides is 6. The maximum atomic E-state index is 15.6. The number of rotatable bonds is 10. The Bertz CT molecular complexity index is 1280. The maximum absolute atomic E-state index is 15.6. The molecule has 1 aromatic heterocycles. The van der Waals surface area contributed by atoms with Gasteiger partial charge in [-0.3, -0.25) is 4.90 Å². The van der Waals surface area contributed by atoms with Crippen molar-refractivity contribution in [2.45, 2.75) is 73.8 Å². The number of aliphatic hydroxyl groups is 3. The fraction of sp³-hybridized carbons (Fsp3) is 0.615. The van der Waals surface area contributed by atoms with Crippen molar-refractivity contribution in [3.05, 3.63) is 47.5 Å². The maximum Gasteiger partial charge on any atom is 0.430 e. The molecule has 1 aliphatic carbocycles. The first kappa shape index (κ1) is 31.6. The van der Waals surface area contributed by atoms with Crippen LogP contribution in [0.25, 0.3) is 0 Å². The lowest BCUT2D eigenvalue weighted by molar-refractivity contribution is -0.376. The Balaban J connectivity index is 1.28. The Morgan fingerprint density at radius 2 is 1.72 bits per heavy atom. The van der Waals surface area contributed by atoms with E-state index in [0.717, 1.165) is 18.5 Å². The van der Waals surface area contributed by atoms with E-state index < -0.39 is 41.0 Å². The van der Waals surface area contributed by atoms with Crippen molar-refractivity contribution in [1.29, 1.82) is 0 Å². The number of β-amino-alcohol motifs (C(OH)–C–C–N with tert-alkyl or cyclic N) is 1. The van der Waals surface area contributed by atoms with Crippen molar-refractivity contribution >= 4 is 11.6 Å². The Morgan fingerprint density at radius 3 is 2.26 bits per heavy atom. The van der Waals surface area contributed by atoms with Crippen molar-refractivity contribution in [3.63, 3.8) is 0 Å². The number of likely N-dealkylation sites (tertiary alicyclic amines) is 1. The van der Waals surface area contributed by atoms with Crippen LogP contribution in [0.2, 0.25) is 0 Å². The third-order valence-corrected chi connectivity index (χ3v) is 8.11. The lowest BCUT2D eigenvalue weighted by Crippen LogP contribution is -2.59. The Labute approximate surface area is 241 Å². The first-order valence-corrected chi connectivity index (χ1v) is 13.5. The average molecular weight is 625 g/mol. The molecule has 2 aromatic rings. The minimum atomic E-state index is -6.01. The van der Waals surface area contributed by atoms with Gasteiger partial charge < -0.3 is 36.0 Å². The van der Waals surface area contributed by atoms with Gasteiger partial charge in [0.25, 0.3) is 5.60 Å². The molecule has 3 aliphatic rings. The third kappa shape index (κ3) is 6.37. The van der Waals surface area contributed by atoms with Gasteiger partial charge in [0.1, 0.15) is 24.3 Å². The number of epoxide rings is 1. The van der Waals surface area contributed by atoms with Gasteiger partial charge in [0.15, 0.2) is 11.6 Å². The molecule has 4 unspecified atom stereocenters. The summed E-state index contributed by atoms with van der Waals surface area (Å²) in [5.41, 5.74) is -2.15. The highest BCUT2D eigenvalue weighted by Gasteiger charge is 2.71. The Hall–Kier alpha value is -2.83. The molecule has 17 heteroatoms. The molecule has 0 spiro atoms. The van der Waals surface area contributed by atoms with E-state index in [9.17, 15) is 41.7 Å². The monoisotopic (exact) mass is 624 g/mol. The molecule has 4 atom stereocenters. The van der Waals surface area contributed by atoms with E-state index in [-0.39, 0.29) is 61.6 Å². The first-order valence-electron chi connectivity index (χ1n) is 13.5. The second-order valence-electron chi connectivity index (χ2n) is 11.2. The summed E-state index contributed by atoms with van der Waals surface area (Å²) in [6.45, 7) is 0.760. The van der Waals surface area contributed by atoms with Crippen molar-refractivity contribution < 1.29 is 50.8 Å². The second kappa shape index (κ2) is 11.3. The number of halogens is 7. The number of piperidine rings is 1. The number of nitrogens with two attached hydrogens (primary N) is 1. The summed E-state index contributed by atoms with van der Waals surface area (Å²) in [7, 11) is 0. The molecule has 3 heterocycles. The van der Waals surface area contributed by atoms with Crippen molar-refractivity contribution in [3.8, 4) is 0 Å². The lowest BCUT2D eigenvalue weighted by atomic mass is 9.88. The minimum absolute atomic E-state index is 0.109. The predicted molar refractivity (Wildman–Crippen MR) is 137 cm³/mol. The van der Waals surface area contributed by atoms with E-state index in [1.54, 1.807) is 0 Å². The van der Waals surface area contributed by atoms with Gasteiger partial charge in [0.05, 0.1) is 6.10 Å². The summed E-state index contributed by atoms with van der Waals surface area (Å²) in [6.07, 6.45) is -11.1. The van der Waals surface area contributed by atoms with E-state index in [1.165, 1.54) is 4.90 Å². The summed E-state index contributed by atoms with van der Waals surface area (Å²) in [5, 5.41) is 34.0. The van der Waals surface area contributed by atoms with Crippen molar-refractivity contribution in [2.24, 2.45) is 5.73 Å². The lowest BCUT2D eigenvalue weighted by Gasteiger charge is -2.42. The quantitative estimate of drug-likeness (QED) is 0.197. The highest BCUT2D eigenvalue weighted by molar-refractivity contribution is 5.53. The smallest absolute Gasteiger partial charge is 0.389 e.